The Hall–Kier alpha value is -2.44. The SMILES string of the molecule is Cn1ccnc1CN1CCN(Cc2cnn(-c3ccccc3)c2)CC1. The van der Waals surface area contributed by atoms with E-state index in [9.17, 15) is 0 Å². The Bertz CT molecular complexity index is 798. The van der Waals surface area contributed by atoms with Crippen molar-refractivity contribution in [1.82, 2.24) is 29.1 Å². The third kappa shape index (κ3) is 3.81. The predicted molar refractivity (Wildman–Crippen MR) is 97.3 cm³/mol. The molecule has 0 saturated carbocycles. The maximum Gasteiger partial charge on any atom is 0.122 e. The fourth-order valence-corrected chi connectivity index (χ4v) is 3.28. The Morgan fingerprint density at radius 1 is 0.960 bits per heavy atom. The van der Waals surface area contributed by atoms with Gasteiger partial charge in [0.2, 0.25) is 0 Å². The molecule has 0 amide bonds. The minimum Gasteiger partial charge on any atom is -0.337 e. The van der Waals surface area contributed by atoms with Crippen molar-refractivity contribution in [2.24, 2.45) is 7.05 Å². The Morgan fingerprint density at radius 2 is 1.68 bits per heavy atom. The lowest BCUT2D eigenvalue weighted by Gasteiger charge is -2.34. The van der Waals surface area contributed by atoms with Crippen LogP contribution in [0.25, 0.3) is 5.69 Å². The second kappa shape index (κ2) is 7.21. The van der Waals surface area contributed by atoms with Crippen LogP contribution in [0.1, 0.15) is 11.4 Å². The van der Waals surface area contributed by atoms with E-state index in [1.807, 2.05) is 41.5 Å². The molecule has 6 nitrogen and oxygen atoms in total. The van der Waals surface area contributed by atoms with E-state index in [-0.39, 0.29) is 0 Å². The average Bonchev–Trinajstić information content (AvgIpc) is 3.27. The van der Waals surface area contributed by atoms with Gasteiger partial charge in [-0.25, -0.2) is 9.67 Å². The van der Waals surface area contributed by atoms with Gasteiger partial charge in [-0.15, -0.1) is 0 Å². The molecule has 6 heteroatoms. The highest BCUT2D eigenvalue weighted by Crippen LogP contribution is 2.12. The monoisotopic (exact) mass is 336 g/mol. The molecule has 3 heterocycles. The topological polar surface area (TPSA) is 42.1 Å². The fraction of sp³-hybridized carbons (Fsp3) is 0.368. The first kappa shape index (κ1) is 16.1. The Kier molecular flexibility index (Phi) is 4.63. The van der Waals surface area contributed by atoms with Crippen molar-refractivity contribution in [2.45, 2.75) is 13.1 Å². The van der Waals surface area contributed by atoms with Crippen LogP contribution < -0.4 is 0 Å². The van der Waals surface area contributed by atoms with E-state index in [4.69, 9.17) is 0 Å². The molecule has 0 bridgehead atoms. The second-order valence-electron chi connectivity index (χ2n) is 6.64. The summed E-state index contributed by atoms with van der Waals surface area (Å²) in [5.41, 5.74) is 2.37. The van der Waals surface area contributed by atoms with Crippen LogP contribution in [0.2, 0.25) is 0 Å². The highest BCUT2D eigenvalue weighted by Gasteiger charge is 2.18. The van der Waals surface area contributed by atoms with Gasteiger partial charge in [-0.05, 0) is 12.1 Å². The summed E-state index contributed by atoms with van der Waals surface area (Å²) in [7, 11) is 2.06. The Morgan fingerprint density at radius 3 is 2.36 bits per heavy atom. The van der Waals surface area contributed by atoms with Gasteiger partial charge in [0.15, 0.2) is 0 Å². The first-order valence-corrected chi connectivity index (χ1v) is 8.78. The molecule has 2 aromatic heterocycles. The summed E-state index contributed by atoms with van der Waals surface area (Å²) in [6.45, 7) is 6.23. The Balaban J connectivity index is 1.30. The molecule has 0 spiro atoms. The lowest BCUT2D eigenvalue weighted by Crippen LogP contribution is -2.45. The lowest BCUT2D eigenvalue weighted by molar-refractivity contribution is 0.119. The summed E-state index contributed by atoms with van der Waals surface area (Å²) in [5.74, 6) is 1.14. The zero-order valence-corrected chi connectivity index (χ0v) is 14.6. The minimum atomic E-state index is 0.934. The maximum absolute atomic E-state index is 4.50. The van der Waals surface area contributed by atoms with E-state index in [1.165, 1.54) is 5.56 Å². The van der Waals surface area contributed by atoms with E-state index in [0.29, 0.717) is 0 Å². The fourth-order valence-electron chi connectivity index (χ4n) is 3.28. The summed E-state index contributed by atoms with van der Waals surface area (Å²) in [6.07, 6.45) is 7.99. The third-order valence-corrected chi connectivity index (χ3v) is 4.81. The summed E-state index contributed by atoms with van der Waals surface area (Å²) >= 11 is 0. The van der Waals surface area contributed by atoms with Crippen LogP contribution in [0.3, 0.4) is 0 Å². The molecule has 25 heavy (non-hydrogen) atoms. The average molecular weight is 336 g/mol. The van der Waals surface area contributed by atoms with Crippen molar-refractivity contribution in [3.63, 3.8) is 0 Å². The first-order valence-electron chi connectivity index (χ1n) is 8.78. The van der Waals surface area contributed by atoms with Gasteiger partial charge in [-0.2, -0.15) is 5.10 Å². The molecular weight excluding hydrogens is 312 g/mol. The number of para-hydroxylation sites is 1. The van der Waals surface area contributed by atoms with Gasteiger partial charge in [0, 0.05) is 63.9 Å². The van der Waals surface area contributed by atoms with Gasteiger partial charge < -0.3 is 4.57 Å². The standard InChI is InChI=1S/C19H24N6/c1-22-8-7-20-19(22)16-24-11-9-23(10-12-24)14-17-13-21-25(15-17)18-5-3-2-4-6-18/h2-8,13,15H,9-12,14,16H2,1H3. The van der Waals surface area contributed by atoms with E-state index < -0.39 is 0 Å². The van der Waals surface area contributed by atoms with Crippen LogP contribution in [0.15, 0.2) is 55.1 Å². The van der Waals surface area contributed by atoms with Crippen molar-refractivity contribution in [2.75, 3.05) is 26.2 Å². The molecule has 0 unspecified atom stereocenters. The summed E-state index contributed by atoms with van der Waals surface area (Å²) in [5, 5.41) is 4.50. The van der Waals surface area contributed by atoms with Crippen LogP contribution in [0.5, 0.6) is 0 Å². The van der Waals surface area contributed by atoms with Crippen LogP contribution in [-0.2, 0) is 20.1 Å². The molecule has 1 fully saturated rings. The molecule has 130 valence electrons. The molecule has 1 aliphatic heterocycles. The maximum atomic E-state index is 4.50. The van der Waals surface area contributed by atoms with Crippen molar-refractivity contribution in [1.29, 1.82) is 0 Å². The molecule has 0 aliphatic carbocycles. The molecule has 1 saturated heterocycles. The molecule has 4 rings (SSSR count). The van der Waals surface area contributed by atoms with Crippen molar-refractivity contribution < 1.29 is 0 Å². The second-order valence-corrected chi connectivity index (χ2v) is 6.64. The van der Waals surface area contributed by atoms with Gasteiger partial charge in [0.25, 0.3) is 0 Å². The summed E-state index contributed by atoms with van der Waals surface area (Å²) in [6, 6.07) is 10.3. The number of nitrogens with zero attached hydrogens (tertiary/aromatic N) is 6. The normalized spacial score (nSPS) is 16.4. The van der Waals surface area contributed by atoms with E-state index in [0.717, 1.165) is 50.8 Å². The number of imidazole rings is 1. The van der Waals surface area contributed by atoms with Gasteiger partial charge >= 0.3 is 0 Å². The zero-order valence-electron chi connectivity index (χ0n) is 14.6. The molecule has 0 N–H and O–H groups in total. The van der Waals surface area contributed by atoms with Crippen LogP contribution >= 0.6 is 0 Å². The number of aromatic nitrogens is 4. The summed E-state index contributed by atoms with van der Waals surface area (Å²) < 4.78 is 4.05. The predicted octanol–water partition coefficient (Wildman–Crippen LogP) is 1.92. The van der Waals surface area contributed by atoms with Crippen LogP contribution in [0, 0.1) is 0 Å². The third-order valence-electron chi connectivity index (χ3n) is 4.81. The van der Waals surface area contributed by atoms with Crippen LogP contribution in [-0.4, -0.2) is 55.3 Å². The molecule has 1 aromatic carbocycles. The smallest absolute Gasteiger partial charge is 0.122 e. The molecule has 0 radical (unpaired) electrons. The van der Waals surface area contributed by atoms with Gasteiger partial charge in [0.05, 0.1) is 18.4 Å². The first-order chi connectivity index (χ1) is 12.3. The van der Waals surface area contributed by atoms with E-state index in [2.05, 4.69) is 49.8 Å². The van der Waals surface area contributed by atoms with Crippen LogP contribution in [0.4, 0.5) is 0 Å². The van der Waals surface area contributed by atoms with Crippen molar-refractivity contribution in [3.8, 4) is 5.69 Å². The van der Waals surface area contributed by atoms with Crippen molar-refractivity contribution in [3.05, 3.63) is 66.5 Å². The zero-order chi connectivity index (χ0) is 17.1. The number of aryl methyl sites for hydroxylation is 1. The Labute approximate surface area is 148 Å². The number of hydrogen-bond acceptors (Lipinski definition) is 4. The largest absolute Gasteiger partial charge is 0.337 e. The molecular formula is C19H24N6. The molecule has 0 atom stereocenters. The minimum absolute atomic E-state index is 0.934. The molecule has 1 aliphatic rings. The van der Waals surface area contributed by atoms with Gasteiger partial charge in [0.1, 0.15) is 5.82 Å². The quantitative estimate of drug-likeness (QED) is 0.714. The van der Waals surface area contributed by atoms with Gasteiger partial charge in [-0.1, -0.05) is 18.2 Å². The van der Waals surface area contributed by atoms with Gasteiger partial charge in [-0.3, -0.25) is 9.80 Å². The van der Waals surface area contributed by atoms with Crippen molar-refractivity contribution >= 4 is 0 Å². The number of hydrogen-bond donors (Lipinski definition) is 0. The summed E-state index contributed by atoms with van der Waals surface area (Å²) in [4.78, 5) is 9.40. The number of benzene rings is 1. The highest BCUT2D eigenvalue weighted by atomic mass is 15.3. The van der Waals surface area contributed by atoms with E-state index in [1.54, 1.807) is 0 Å². The lowest BCUT2D eigenvalue weighted by atomic mass is 10.2. The molecule has 3 aromatic rings. The van der Waals surface area contributed by atoms with E-state index >= 15 is 0 Å². The number of rotatable bonds is 5. The highest BCUT2D eigenvalue weighted by molar-refractivity contribution is 5.30. The number of piperazine rings is 1.